The molecule has 0 unspecified atom stereocenters. The number of nitrogens with one attached hydrogen (secondary N) is 1. The summed E-state index contributed by atoms with van der Waals surface area (Å²) < 4.78 is 2.23. The Labute approximate surface area is 186 Å². The normalized spacial score (nSPS) is 11.5. The molecule has 0 aliphatic rings. The number of nitro groups is 1. The van der Waals surface area contributed by atoms with Gasteiger partial charge in [0, 0.05) is 25.6 Å². The summed E-state index contributed by atoms with van der Waals surface area (Å²) in [6, 6.07) is 5.81. The van der Waals surface area contributed by atoms with Gasteiger partial charge in [-0.25, -0.2) is 14.8 Å². The number of hydrogen-bond acceptors (Lipinski definition) is 8. The minimum atomic E-state index is -0.583. The third kappa shape index (κ3) is 4.40. The maximum atomic E-state index is 12.8. The Morgan fingerprint density at radius 3 is 2.44 bits per heavy atom. The standard InChI is InChI=1S/C20H22N6O5S/c1-20(2,3)18-22-15-14(17(28)25(5)19(29)24(15)4)16(23-18)32-10-13(27)21-11-8-6-7-9-12(11)26(30)31/h6-9H,10H2,1-5H3,(H,21,27). The molecule has 2 heterocycles. The molecular formula is C20H22N6O5S. The number of aryl methyl sites for hydroxylation is 1. The average Bonchev–Trinajstić information content (AvgIpc) is 2.73. The molecule has 11 nitrogen and oxygen atoms in total. The number of hydrogen-bond donors (Lipinski definition) is 1. The van der Waals surface area contributed by atoms with Crippen molar-refractivity contribution in [1.82, 2.24) is 19.1 Å². The Balaban J connectivity index is 2.02. The Morgan fingerprint density at radius 1 is 1.16 bits per heavy atom. The predicted molar refractivity (Wildman–Crippen MR) is 121 cm³/mol. The van der Waals surface area contributed by atoms with Crippen molar-refractivity contribution < 1.29 is 9.72 Å². The van der Waals surface area contributed by atoms with Gasteiger partial charge < -0.3 is 5.32 Å². The molecule has 3 aromatic rings. The van der Waals surface area contributed by atoms with Crippen LogP contribution in [-0.2, 0) is 24.3 Å². The first-order valence-electron chi connectivity index (χ1n) is 9.56. The second kappa shape index (κ2) is 8.54. The van der Waals surface area contributed by atoms with Crippen LogP contribution >= 0.6 is 11.8 Å². The first-order valence-corrected chi connectivity index (χ1v) is 10.5. The molecule has 2 aromatic heterocycles. The highest BCUT2D eigenvalue weighted by Gasteiger charge is 2.24. The summed E-state index contributed by atoms with van der Waals surface area (Å²) in [5.74, 6) is -0.252. The highest BCUT2D eigenvalue weighted by Crippen LogP contribution is 2.28. The second-order valence-corrected chi connectivity index (χ2v) is 9.08. The van der Waals surface area contributed by atoms with Crippen molar-refractivity contribution in [1.29, 1.82) is 0 Å². The molecule has 0 radical (unpaired) electrons. The molecule has 0 aliphatic carbocycles. The van der Waals surface area contributed by atoms with Gasteiger partial charge in [0.1, 0.15) is 21.9 Å². The van der Waals surface area contributed by atoms with E-state index in [1.54, 1.807) is 6.07 Å². The molecule has 1 aromatic carbocycles. The van der Waals surface area contributed by atoms with Gasteiger partial charge in [0.15, 0.2) is 5.65 Å². The minimum absolute atomic E-state index is 0.0735. The maximum Gasteiger partial charge on any atom is 0.332 e. The molecule has 0 aliphatic heterocycles. The molecule has 0 saturated heterocycles. The average molecular weight is 459 g/mol. The van der Waals surface area contributed by atoms with Gasteiger partial charge in [0.25, 0.3) is 11.2 Å². The predicted octanol–water partition coefficient (Wildman–Crippen LogP) is 1.96. The van der Waals surface area contributed by atoms with Gasteiger partial charge in [0.2, 0.25) is 5.91 Å². The number of carbonyl (C=O) groups excluding carboxylic acids is 1. The molecule has 3 rings (SSSR count). The van der Waals surface area contributed by atoms with E-state index in [4.69, 9.17) is 0 Å². The number of para-hydroxylation sites is 2. The van der Waals surface area contributed by atoms with E-state index < -0.39 is 27.5 Å². The fraction of sp³-hybridized carbons (Fsp3) is 0.350. The largest absolute Gasteiger partial charge is 0.332 e. The Bertz CT molecular complexity index is 1360. The first kappa shape index (κ1) is 23.1. The van der Waals surface area contributed by atoms with Crippen LogP contribution in [0.4, 0.5) is 11.4 Å². The number of benzene rings is 1. The van der Waals surface area contributed by atoms with Crippen molar-refractivity contribution in [2.45, 2.75) is 31.2 Å². The van der Waals surface area contributed by atoms with Crippen LogP contribution in [0.15, 0.2) is 38.9 Å². The van der Waals surface area contributed by atoms with Crippen LogP contribution in [0.25, 0.3) is 11.0 Å². The summed E-state index contributed by atoms with van der Waals surface area (Å²) in [7, 11) is 2.87. The second-order valence-electron chi connectivity index (χ2n) is 8.12. The molecule has 0 bridgehead atoms. The van der Waals surface area contributed by atoms with Gasteiger partial charge >= 0.3 is 5.69 Å². The van der Waals surface area contributed by atoms with Gasteiger partial charge in [-0.1, -0.05) is 44.7 Å². The number of rotatable bonds is 5. The molecule has 168 valence electrons. The molecule has 1 amide bonds. The van der Waals surface area contributed by atoms with Crippen LogP contribution in [-0.4, -0.2) is 35.7 Å². The summed E-state index contributed by atoms with van der Waals surface area (Å²) in [6.07, 6.45) is 0. The third-order valence-corrected chi connectivity index (χ3v) is 5.63. The van der Waals surface area contributed by atoms with Crippen molar-refractivity contribution in [3.05, 3.63) is 61.0 Å². The smallest absolute Gasteiger partial charge is 0.320 e. The van der Waals surface area contributed by atoms with Crippen molar-refractivity contribution >= 4 is 40.1 Å². The van der Waals surface area contributed by atoms with Gasteiger partial charge in [-0.2, -0.15) is 0 Å². The summed E-state index contributed by atoms with van der Waals surface area (Å²) in [4.78, 5) is 57.2. The van der Waals surface area contributed by atoms with E-state index >= 15 is 0 Å². The monoisotopic (exact) mass is 458 g/mol. The molecule has 1 N–H and O–H groups in total. The molecule has 0 atom stereocenters. The highest BCUT2D eigenvalue weighted by molar-refractivity contribution is 8.00. The van der Waals surface area contributed by atoms with Crippen LogP contribution in [0, 0.1) is 10.1 Å². The van der Waals surface area contributed by atoms with E-state index in [0.717, 1.165) is 16.3 Å². The minimum Gasteiger partial charge on any atom is -0.320 e. The summed E-state index contributed by atoms with van der Waals surface area (Å²) in [5, 5.41) is 14.1. The maximum absolute atomic E-state index is 12.8. The number of nitro benzene ring substituents is 1. The zero-order chi connectivity index (χ0) is 23.8. The van der Waals surface area contributed by atoms with Gasteiger partial charge in [0.05, 0.1) is 10.7 Å². The van der Waals surface area contributed by atoms with Gasteiger partial charge in [-0.3, -0.25) is 28.8 Å². The highest BCUT2D eigenvalue weighted by atomic mass is 32.2. The van der Waals surface area contributed by atoms with E-state index in [1.807, 2.05) is 20.8 Å². The topological polar surface area (TPSA) is 142 Å². The Morgan fingerprint density at radius 2 is 1.81 bits per heavy atom. The SMILES string of the molecule is Cn1c(=O)c2c(SCC(=O)Nc3ccccc3[N+](=O)[O-])nc(C(C)(C)C)nc2n(C)c1=O. The lowest BCUT2D eigenvalue weighted by Crippen LogP contribution is -2.38. The van der Waals surface area contributed by atoms with Crippen molar-refractivity contribution in [2.75, 3.05) is 11.1 Å². The van der Waals surface area contributed by atoms with Gasteiger partial charge in [-0.15, -0.1) is 0 Å². The number of amides is 1. The Kier molecular flexibility index (Phi) is 6.17. The molecule has 12 heteroatoms. The number of aromatic nitrogens is 4. The quantitative estimate of drug-likeness (QED) is 0.265. The fourth-order valence-corrected chi connectivity index (χ4v) is 3.74. The van der Waals surface area contributed by atoms with Crippen LogP contribution in [0.3, 0.4) is 0 Å². The van der Waals surface area contributed by atoms with Crippen LogP contribution in [0.1, 0.15) is 26.6 Å². The number of carbonyl (C=O) groups is 1. The van der Waals surface area contributed by atoms with Crippen LogP contribution in [0.5, 0.6) is 0 Å². The van der Waals surface area contributed by atoms with E-state index in [-0.39, 0.29) is 33.2 Å². The van der Waals surface area contributed by atoms with Gasteiger partial charge in [-0.05, 0) is 6.07 Å². The van der Waals surface area contributed by atoms with E-state index in [2.05, 4.69) is 15.3 Å². The van der Waals surface area contributed by atoms with Crippen LogP contribution in [0.2, 0.25) is 0 Å². The van der Waals surface area contributed by atoms with Crippen molar-refractivity contribution in [2.24, 2.45) is 14.1 Å². The first-order chi connectivity index (χ1) is 14.9. The summed E-state index contributed by atoms with van der Waals surface area (Å²) >= 11 is 0.998. The number of anilines is 1. The summed E-state index contributed by atoms with van der Waals surface area (Å²) in [6.45, 7) is 5.68. The molecular weight excluding hydrogens is 436 g/mol. The number of nitrogens with zero attached hydrogens (tertiary/aromatic N) is 5. The molecule has 0 fully saturated rings. The molecule has 0 spiro atoms. The van der Waals surface area contributed by atoms with Crippen LogP contribution < -0.4 is 16.6 Å². The summed E-state index contributed by atoms with van der Waals surface area (Å²) in [5.41, 5.74) is -1.54. The van der Waals surface area contributed by atoms with E-state index in [0.29, 0.717) is 5.82 Å². The van der Waals surface area contributed by atoms with E-state index in [9.17, 15) is 24.5 Å². The number of fused-ring (bicyclic) bond motifs is 1. The van der Waals surface area contributed by atoms with Crippen molar-refractivity contribution in [3.63, 3.8) is 0 Å². The van der Waals surface area contributed by atoms with Crippen molar-refractivity contribution in [3.8, 4) is 0 Å². The number of thioether (sulfide) groups is 1. The third-order valence-electron chi connectivity index (χ3n) is 4.65. The lowest BCUT2D eigenvalue weighted by molar-refractivity contribution is -0.383. The zero-order valence-electron chi connectivity index (χ0n) is 18.2. The zero-order valence-corrected chi connectivity index (χ0v) is 19.0. The lowest BCUT2D eigenvalue weighted by atomic mass is 9.96. The molecule has 32 heavy (non-hydrogen) atoms. The van der Waals surface area contributed by atoms with E-state index in [1.165, 1.54) is 36.9 Å². The molecule has 0 saturated carbocycles. The fourth-order valence-electron chi connectivity index (χ4n) is 2.93. The lowest BCUT2D eigenvalue weighted by Gasteiger charge is -2.19. The Hall–Kier alpha value is -3.54.